The number of hydrogen-bond acceptors (Lipinski definition) is 3. The Bertz CT molecular complexity index is 899. The van der Waals surface area contributed by atoms with Crippen molar-refractivity contribution < 1.29 is 13.2 Å². The zero-order chi connectivity index (χ0) is 19.4. The lowest BCUT2D eigenvalue weighted by molar-refractivity contribution is -0.120. The van der Waals surface area contributed by atoms with Crippen molar-refractivity contribution in [1.29, 1.82) is 0 Å². The highest BCUT2D eigenvalue weighted by atomic mass is 32.2. The number of benzene rings is 2. The van der Waals surface area contributed by atoms with Crippen LogP contribution in [0.2, 0.25) is 0 Å². The summed E-state index contributed by atoms with van der Waals surface area (Å²) in [6.45, 7) is 4.71. The van der Waals surface area contributed by atoms with Crippen molar-refractivity contribution in [3.8, 4) is 0 Å². The van der Waals surface area contributed by atoms with Gasteiger partial charge in [-0.15, -0.1) is 0 Å². The number of carbonyl (C=O) groups is 1. The normalized spacial score (nSPS) is 16.2. The lowest BCUT2D eigenvalue weighted by Gasteiger charge is -2.30. The predicted molar refractivity (Wildman–Crippen MR) is 107 cm³/mol. The number of amides is 1. The third-order valence-electron chi connectivity index (χ3n) is 5.14. The fourth-order valence-electron chi connectivity index (χ4n) is 3.40. The van der Waals surface area contributed by atoms with E-state index in [4.69, 9.17) is 0 Å². The van der Waals surface area contributed by atoms with E-state index < -0.39 is 10.0 Å². The minimum atomic E-state index is -3.50. The van der Waals surface area contributed by atoms with Crippen LogP contribution in [0, 0.1) is 12.8 Å². The Kier molecular flexibility index (Phi) is 5.97. The Morgan fingerprint density at radius 2 is 1.70 bits per heavy atom. The quantitative estimate of drug-likeness (QED) is 0.854. The summed E-state index contributed by atoms with van der Waals surface area (Å²) in [7, 11) is -3.50. The first-order chi connectivity index (χ1) is 12.9. The SMILES string of the molecule is CCc1ccccc1NC(=O)C1CCN(S(=O)(=O)c2ccc(C)cc2)CC1. The second kappa shape index (κ2) is 8.23. The van der Waals surface area contributed by atoms with Crippen LogP contribution in [-0.4, -0.2) is 31.7 Å². The Labute approximate surface area is 161 Å². The van der Waals surface area contributed by atoms with Gasteiger partial charge in [0, 0.05) is 24.7 Å². The number of sulfonamides is 1. The molecule has 1 heterocycles. The number of para-hydroxylation sites is 1. The molecule has 1 fully saturated rings. The Balaban J connectivity index is 1.63. The van der Waals surface area contributed by atoms with E-state index in [2.05, 4.69) is 12.2 Å². The molecule has 2 aromatic rings. The topological polar surface area (TPSA) is 66.5 Å². The summed E-state index contributed by atoms with van der Waals surface area (Å²) in [6, 6.07) is 14.7. The van der Waals surface area contributed by atoms with E-state index in [9.17, 15) is 13.2 Å². The summed E-state index contributed by atoms with van der Waals surface area (Å²) < 4.78 is 27.0. The van der Waals surface area contributed by atoms with Crippen LogP contribution in [-0.2, 0) is 21.2 Å². The summed E-state index contributed by atoms with van der Waals surface area (Å²) in [4.78, 5) is 12.9. The lowest BCUT2D eigenvalue weighted by Crippen LogP contribution is -2.41. The predicted octanol–water partition coefficient (Wildman–Crippen LogP) is 3.60. The highest BCUT2D eigenvalue weighted by molar-refractivity contribution is 7.89. The maximum atomic E-state index is 12.8. The fourth-order valence-corrected chi connectivity index (χ4v) is 4.87. The first kappa shape index (κ1) is 19.6. The van der Waals surface area contributed by atoms with E-state index >= 15 is 0 Å². The number of rotatable bonds is 5. The smallest absolute Gasteiger partial charge is 0.243 e. The van der Waals surface area contributed by atoms with Gasteiger partial charge in [-0.1, -0.05) is 42.8 Å². The van der Waals surface area contributed by atoms with E-state index in [1.165, 1.54) is 4.31 Å². The van der Waals surface area contributed by atoms with Crippen molar-refractivity contribution in [2.24, 2.45) is 5.92 Å². The molecule has 1 aliphatic heterocycles. The second-order valence-electron chi connectivity index (χ2n) is 6.99. The molecule has 0 bridgehead atoms. The number of carbonyl (C=O) groups excluding carboxylic acids is 1. The number of piperidine rings is 1. The number of nitrogens with zero attached hydrogens (tertiary/aromatic N) is 1. The van der Waals surface area contributed by atoms with Crippen molar-refractivity contribution in [2.45, 2.75) is 38.0 Å². The Morgan fingerprint density at radius 3 is 2.33 bits per heavy atom. The van der Waals surface area contributed by atoms with Gasteiger partial charge in [0.1, 0.15) is 0 Å². The molecule has 2 aromatic carbocycles. The molecule has 3 rings (SSSR count). The molecule has 1 aliphatic rings. The molecule has 0 spiro atoms. The monoisotopic (exact) mass is 386 g/mol. The molecule has 0 aromatic heterocycles. The third kappa shape index (κ3) is 4.39. The van der Waals surface area contributed by atoms with Crippen LogP contribution in [0.3, 0.4) is 0 Å². The first-order valence-corrected chi connectivity index (χ1v) is 10.8. The van der Waals surface area contributed by atoms with Crippen LogP contribution >= 0.6 is 0 Å². The Hall–Kier alpha value is -2.18. The molecule has 0 unspecified atom stereocenters. The van der Waals surface area contributed by atoms with Gasteiger partial charge in [0.25, 0.3) is 0 Å². The van der Waals surface area contributed by atoms with Crippen molar-refractivity contribution in [1.82, 2.24) is 4.31 Å². The van der Waals surface area contributed by atoms with E-state index in [1.807, 2.05) is 31.2 Å². The standard InChI is InChI=1S/C21H26N2O3S/c1-3-17-6-4-5-7-20(17)22-21(24)18-12-14-23(15-13-18)27(25,26)19-10-8-16(2)9-11-19/h4-11,18H,3,12-15H2,1-2H3,(H,22,24). The van der Waals surface area contributed by atoms with E-state index in [1.54, 1.807) is 24.3 Å². The molecular formula is C21H26N2O3S. The molecule has 5 nitrogen and oxygen atoms in total. The van der Waals surface area contributed by atoms with Gasteiger partial charge < -0.3 is 5.32 Å². The number of anilines is 1. The summed E-state index contributed by atoms with van der Waals surface area (Å²) >= 11 is 0. The van der Waals surface area contributed by atoms with Crippen LogP contribution in [0.1, 0.15) is 30.9 Å². The van der Waals surface area contributed by atoms with Crippen LogP contribution in [0.15, 0.2) is 53.4 Å². The van der Waals surface area contributed by atoms with Crippen molar-refractivity contribution in [2.75, 3.05) is 18.4 Å². The molecule has 0 aliphatic carbocycles. The fraction of sp³-hybridized carbons (Fsp3) is 0.381. The third-order valence-corrected chi connectivity index (χ3v) is 7.05. The van der Waals surface area contributed by atoms with Crippen molar-refractivity contribution in [3.63, 3.8) is 0 Å². The van der Waals surface area contributed by atoms with Gasteiger partial charge >= 0.3 is 0 Å². The number of aryl methyl sites for hydroxylation is 2. The maximum absolute atomic E-state index is 12.8. The highest BCUT2D eigenvalue weighted by Gasteiger charge is 2.32. The van der Waals surface area contributed by atoms with Crippen LogP contribution in [0.5, 0.6) is 0 Å². The number of hydrogen-bond donors (Lipinski definition) is 1. The summed E-state index contributed by atoms with van der Waals surface area (Å²) in [5.41, 5.74) is 2.97. The summed E-state index contributed by atoms with van der Waals surface area (Å²) in [5.74, 6) is -0.192. The largest absolute Gasteiger partial charge is 0.326 e. The zero-order valence-corrected chi connectivity index (χ0v) is 16.6. The van der Waals surface area contributed by atoms with Gasteiger partial charge in [-0.2, -0.15) is 4.31 Å². The van der Waals surface area contributed by atoms with Gasteiger partial charge in [0.2, 0.25) is 15.9 Å². The van der Waals surface area contributed by atoms with Crippen LogP contribution in [0.4, 0.5) is 5.69 Å². The van der Waals surface area contributed by atoms with Gasteiger partial charge in [0.15, 0.2) is 0 Å². The summed E-state index contributed by atoms with van der Waals surface area (Å²) in [5, 5.41) is 3.02. The molecular weight excluding hydrogens is 360 g/mol. The second-order valence-corrected chi connectivity index (χ2v) is 8.93. The molecule has 27 heavy (non-hydrogen) atoms. The van der Waals surface area contributed by atoms with E-state index in [0.717, 1.165) is 23.2 Å². The molecule has 6 heteroatoms. The maximum Gasteiger partial charge on any atom is 0.243 e. The average Bonchev–Trinajstić information content (AvgIpc) is 2.69. The molecule has 144 valence electrons. The van der Waals surface area contributed by atoms with Gasteiger partial charge in [-0.05, 0) is 49.9 Å². The molecule has 0 saturated carbocycles. The minimum Gasteiger partial charge on any atom is -0.326 e. The lowest BCUT2D eigenvalue weighted by atomic mass is 9.97. The van der Waals surface area contributed by atoms with Crippen LogP contribution < -0.4 is 5.32 Å². The molecule has 1 saturated heterocycles. The van der Waals surface area contributed by atoms with E-state index in [0.29, 0.717) is 30.8 Å². The molecule has 0 radical (unpaired) electrons. The average molecular weight is 387 g/mol. The van der Waals surface area contributed by atoms with Gasteiger partial charge in [-0.3, -0.25) is 4.79 Å². The van der Waals surface area contributed by atoms with E-state index in [-0.39, 0.29) is 11.8 Å². The highest BCUT2D eigenvalue weighted by Crippen LogP contribution is 2.25. The number of nitrogens with one attached hydrogen (secondary N) is 1. The van der Waals surface area contributed by atoms with Gasteiger partial charge in [0.05, 0.1) is 4.90 Å². The minimum absolute atomic E-state index is 0.0247. The van der Waals surface area contributed by atoms with Crippen molar-refractivity contribution >= 4 is 21.6 Å². The molecule has 1 amide bonds. The zero-order valence-electron chi connectivity index (χ0n) is 15.8. The van der Waals surface area contributed by atoms with Gasteiger partial charge in [-0.25, -0.2) is 8.42 Å². The Morgan fingerprint density at radius 1 is 1.07 bits per heavy atom. The molecule has 0 atom stereocenters. The first-order valence-electron chi connectivity index (χ1n) is 9.37. The summed E-state index contributed by atoms with van der Waals surface area (Å²) in [6.07, 6.45) is 1.92. The van der Waals surface area contributed by atoms with Crippen LogP contribution in [0.25, 0.3) is 0 Å². The molecule has 1 N–H and O–H groups in total. The van der Waals surface area contributed by atoms with Crippen molar-refractivity contribution in [3.05, 3.63) is 59.7 Å².